The fourth-order valence-corrected chi connectivity index (χ4v) is 3.14. The summed E-state index contributed by atoms with van der Waals surface area (Å²) in [5.74, 6) is 1.45. The summed E-state index contributed by atoms with van der Waals surface area (Å²) >= 11 is 0. The molecule has 0 amide bonds. The highest BCUT2D eigenvalue weighted by Gasteiger charge is 2.32. The molecule has 0 radical (unpaired) electrons. The number of nitrogens with zero attached hydrogens (tertiary/aromatic N) is 4. The van der Waals surface area contributed by atoms with Crippen LogP contribution in [0.5, 0.6) is 0 Å². The van der Waals surface area contributed by atoms with E-state index in [-0.39, 0.29) is 5.41 Å². The fourth-order valence-electron chi connectivity index (χ4n) is 3.14. The van der Waals surface area contributed by atoms with E-state index < -0.39 is 0 Å². The predicted octanol–water partition coefficient (Wildman–Crippen LogP) is 1.56. The summed E-state index contributed by atoms with van der Waals surface area (Å²) < 4.78 is 11.2. The van der Waals surface area contributed by atoms with Crippen LogP contribution in [0.25, 0.3) is 0 Å². The number of hydrogen-bond acceptors (Lipinski definition) is 6. The summed E-state index contributed by atoms with van der Waals surface area (Å²) in [6, 6.07) is 4.76. The summed E-state index contributed by atoms with van der Waals surface area (Å²) in [6.07, 6.45) is 0. The summed E-state index contributed by atoms with van der Waals surface area (Å²) in [7, 11) is 2.20. The third-order valence-electron chi connectivity index (χ3n) is 4.85. The zero-order chi connectivity index (χ0) is 17.2. The van der Waals surface area contributed by atoms with Gasteiger partial charge in [-0.15, -0.1) is 5.10 Å². The van der Waals surface area contributed by atoms with Crippen LogP contribution < -0.4 is 4.90 Å². The molecule has 0 aliphatic carbocycles. The molecular weight excluding hydrogens is 304 g/mol. The van der Waals surface area contributed by atoms with Crippen molar-refractivity contribution in [3.8, 4) is 0 Å². The first-order chi connectivity index (χ1) is 11.4. The Hall–Kier alpha value is -1.24. The normalized spacial score (nSPS) is 21.0. The maximum atomic E-state index is 5.59. The van der Waals surface area contributed by atoms with Crippen molar-refractivity contribution in [2.24, 2.45) is 5.92 Å². The van der Waals surface area contributed by atoms with Gasteiger partial charge < -0.3 is 14.4 Å². The molecule has 3 rings (SSSR count). The smallest absolute Gasteiger partial charge is 0.151 e. The Morgan fingerprint density at radius 3 is 2.33 bits per heavy atom. The van der Waals surface area contributed by atoms with Gasteiger partial charge in [0.15, 0.2) is 5.82 Å². The molecule has 0 unspecified atom stereocenters. The minimum atomic E-state index is 0.0477. The van der Waals surface area contributed by atoms with Crippen LogP contribution in [0.4, 0.5) is 5.82 Å². The van der Waals surface area contributed by atoms with Crippen molar-refractivity contribution in [2.45, 2.75) is 32.2 Å². The highest BCUT2D eigenvalue weighted by atomic mass is 16.5. The molecule has 6 nitrogen and oxygen atoms in total. The summed E-state index contributed by atoms with van der Waals surface area (Å²) in [4.78, 5) is 4.72. The van der Waals surface area contributed by atoms with Crippen molar-refractivity contribution in [1.82, 2.24) is 15.1 Å². The Bertz CT molecular complexity index is 515. The number of likely N-dealkylation sites (N-methyl/N-ethyl adjacent to an activating group) is 1. The van der Waals surface area contributed by atoms with Gasteiger partial charge in [0.1, 0.15) is 0 Å². The SMILES string of the molecule is CN(CC1COCCOC1)C1CN(c2ccc(C(C)(C)C)nn2)C1. The van der Waals surface area contributed by atoms with E-state index in [2.05, 4.69) is 59.9 Å². The Kier molecular flexibility index (Phi) is 5.37. The largest absolute Gasteiger partial charge is 0.379 e. The lowest BCUT2D eigenvalue weighted by Crippen LogP contribution is -2.59. The predicted molar refractivity (Wildman–Crippen MR) is 94.5 cm³/mol. The molecule has 0 saturated carbocycles. The van der Waals surface area contributed by atoms with Crippen LogP contribution >= 0.6 is 0 Å². The van der Waals surface area contributed by atoms with Crippen LogP contribution in [0.3, 0.4) is 0 Å². The van der Waals surface area contributed by atoms with E-state index in [1.807, 2.05) is 0 Å². The molecule has 1 aromatic rings. The zero-order valence-electron chi connectivity index (χ0n) is 15.4. The number of anilines is 1. The molecule has 1 aromatic heterocycles. The van der Waals surface area contributed by atoms with Crippen LogP contribution in [-0.2, 0) is 14.9 Å². The Labute approximate surface area is 145 Å². The fraction of sp³-hybridized carbons (Fsp3) is 0.778. The summed E-state index contributed by atoms with van der Waals surface area (Å²) in [6.45, 7) is 12.6. The van der Waals surface area contributed by atoms with E-state index in [1.165, 1.54) is 0 Å². The Balaban J connectivity index is 1.47. The van der Waals surface area contributed by atoms with Crippen LogP contribution in [0, 0.1) is 5.92 Å². The second kappa shape index (κ2) is 7.33. The minimum Gasteiger partial charge on any atom is -0.379 e. The van der Waals surface area contributed by atoms with Gasteiger partial charge >= 0.3 is 0 Å². The molecule has 2 saturated heterocycles. The molecule has 3 heterocycles. The number of ether oxygens (including phenoxy) is 2. The second-order valence-electron chi connectivity index (χ2n) is 8.04. The van der Waals surface area contributed by atoms with Crippen molar-refractivity contribution < 1.29 is 9.47 Å². The van der Waals surface area contributed by atoms with E-state index in [1.54, 1.807) is 0 Å². The van der Waals surface area contributed by atoms with E-state index in [0.717, 1.165) is 57.6 Å². The molecule has 0 bridgehead atoms. The summed E-state index contributed by atoms with van der Waals surface area (Å²) in [5, 5.41) is 8.79. The highest BCUT2D eigenvalue weighted by Crippen LogP contribution is 2.24. The van der Waals surface area contributed by atoms with Gasteiger partial charge in [0.05, 0.1) is 32.1 Å². The number of rotatable bonds is 4. The molecule has 24 heavy (non-hydrogen) atoms. The lowest BCUT2D eigenvalue weighted by atomic mass is 9.92. The molecule has 134 valence electrons. The van der Waals surface area contributed by atoms with E-state index in [0.29, 0.717) is 12.0 Å². The molecule has 2 fully saturated rings. The maximum Gasteiger partial charge on any atom is 0.151 e. The molecule has 0 spiro atoms. The third kappa shape index (κ3) is 4.23. The van der Waals surface area contributed by atoms with Crippen molar-refractivity contribution in [2.75, 3.05) is 58.0 Å². The molecule has 2 aliphatic heterocycles. The van der Waals surface area contributed by atoms with Crippen molar-refractivity contribution in [1.29, 1.82) is 0 Å². The topological polar surface area (TPSA) is 50.7 Å². The van der Waals surface area contributed by atoms with E-state index >= 15 is 0 Å². The lowest BCUT2D eigenvalue weighted by molar-refractivity contribution is 0.0917. The van der Waals surface area contributed by atoms with Gasteiger partial charge in [-0.3, -0.25) is 4.90 Å². The second-order valence-corrected chi connectivity index (χ2v) is 8.04. The average Bonchev–Trinajstić information content (AvgIpc) is 2.74. The molecule has 2 aliphatic rings. The molecule has 0 aromatic carbocycles. The van der Waals surface area contributed by atoms with Gasteiger partial charge in [-0.1, -0.05) is 20.8 Å². The highest BCUT2D eigenvalue weighted by molar-refractivity contribution is 5.42. The van der Waals surface area contributed by atoms with Gasteiger partial charge in [0.25, 0.3) is 0 Å². The number of aromatic nitrogens is 2. The van der Waals surface area contributed by atoms with Gasteiger partial charge in [0, 0.05) is 37.0 Å². The van der Waals surface area contributed by atoms with Gasteiger partial charge in [-0.2, -0.15) is 5.10 Å². The number of hydrogen-bond donors (Lipinski definition) is 0. The molecule has 0 N–H and O–H groups in total. The van der Waals surface area contributed by atoms with Crippen LogP contribution in [0.1, 0.15) is 26.5 Å². The van der Waals surface area contributed by atoms with Crippen LogP contribution in [0.15, 0.2) is 12.1 Å². The summed E-state index contributed by atoms with van der Waals surface area (Å²) in [5.41, 5.74) is 1.08. The van der Waals surface area contributed by atoms with Crippen LogP contribution in [-0.4, -0.2) is 74.2 Å². The van der Waals surface area contributed by atoms with E-state index in [4.69, 9.17) is 9.47 Å². The first-order valence-electron chi connectivity index (χ1n) is 8.88. The minimum absolute atomic E-state index is 0.0477. The first kappa shape index (κ1) is 17.6. The zero-order valence-corrected chi connectivity index (χ0v) is 15.4. The lowest BCUT2D eigenvalue weighted by Gasteiger charge is -2.45. The molecule has 0 atom stereocenters. The monoisotopic (exact) mass is 334 g/mol. The van der Waals surface area contributed by atoms with Crippen molar-refractivity contribution in [3.05, 3.63) is 17.8 Å². The first-order valence-corrected chi connectivity index (χ1v) is 8.88. The van der Waals surface area contributed by atoms with Gasteiger partial charge in [-0.25, -0.2) is 0 Å². The van der Waals surface area contributed by atoms with Crippen molar-refractivity contribution >= 4 is 5.82 Å². The van der Waals surface area contributed by atoms with Gasteiger partial charge in [-0.05, 0) is 19.2 Å². The quantitative estimate of drug-likeness (QED) is 0.833. The van der Waals surface area contributed by atoms with Crippen molar-refractivity contribution in [3.63, 3.8) is 0 Å². The van der Waals surface area contributed by atoms with Crippen LogP contribution in [0.2, 0.25) is 0 Å². The Morgan fingerprint density at radius 1 is 1.12 bits per heavy atom. The average molecular weight is 334 g/mol. The van der Waals surface area contributed by atoms with E-state index in [9.17, 15) is 0 Å². The van der Waals surface area contributed by atoms with Gasteiger partial charge in [0.2, 0.25) is 0 Å². The standard InChI is InChI=1S/C18H30N4O2/c1-18(2,3)16-5-6-17(20-19-16)22-10-15(11-22)21(4)9-14-12-23-7-8-24-13-14/h5-6,14-15H,7-13H2,1-4H3. The maximum absolute atomic E-state index is 5.59. The molecule has 6 heteroatoms. The third-order valence-corrected chi connectivity index (χ3v) is 4.85. The Morgan fingerprint density at radius 2 is 1.79 bits per heavy atom. The molecular formula is C18H30N4O2.